The molecule has 6 aliphatic carbocycles. The zero-order chi connectivity index (χ0) is 40.1. The molecule has 6 bridgehead atoms. The zero-order valence-corrected chi connectivity index (χ0v) is 32.9. The number of carbonyl (C=O) groups excluding carboxylic acids is 5. The van der Waals surface area contributed by atoms with Gasteiger partial charge in [0.1, 0.15) is 25.3 Å². The maximum absolute atomic E-state index is 14.0. The number of alkyl halides is 2. The minimum absolute atomic E-state index is 0.0119. The Bertz CT molecular complexity index is 1640. The van der Waals surface area contributed by atoms with E-state index in [1.165, 1.54) is 0 Å². The quantitative estimate of drug-likeness (QED) is 0.113. The molecule has 7 rings (SSSR count). The molecule has 0 amide bonds. The highest BCUT2D eigenvalue weighted by Gasteiger charge is 2.55. The third kappa shape index (κ3) is 8.45. The van der Waals surface area contributed by atoms with Crippen molar-refractivity contribution in [3.63, 3.8) is 0 Å². The van der Waals surface area contributed by atoms with Gasteiger partial charge in [-0.05, 0) is 94.8 Å². The van der Waals surface area contributed by atoms with E-state index in [9.17, 15) is 41.2 Å². The topological polar surface area (TPSA) is 186 Å². The van der Waals surface area contributed by atoms with E-state index in [0.717, 1.165) is 44.8 Å². The van der Waals surface area contributed by atoms with Crippen LogP contribution in [0.25, 0.3) is 0 Å². The van der Waals surface area contributed by atoms with Crippen LogP contribution < -0.4 is 0 Å². The standard InChI is InChI=1S/C40H56F2O13S/c1-24-8-27-11-29(32(24)44)13-30(12-27)33(45)51-19-37(22-54-35(46)38-6-2-4-25(14-38)9-28(16-38)18-43)20-52-34(53-21-37)31-10-26-5-3-7-39(15-26,17-31)36(47)55-23-40(41,42)56(48,49)50/h18,24-31,34H,2-17,19-23H2,1H3,(H,48,49,50). The fourth-order valence-electron chi connectivity index (χ4n) is 11.9. The maximum atomic E-state index is 14.0. The van der Waals surface area contributed by atoms with Crippen LogP contribution in [0, 0.1) is 63.6 Å². The fraction of sp³-hybridized carbons (Fsp3) is 0.875. The minimum atomic E-state index is -5.78. The molecule has 56 heavy (non-hydrogen) atoms. The highest BCUT2D eigenvalue weighted by molar-refractivity contribution is 7.86. The number of halogens is 2. The van der Waals surface area contributed by atoms with Crippen LogP contribution in [0.3, 0.4) is 0 Å². The molecule has 1 N–H and O–H groups in total. The highest BCUT2D eigenvalue weighted by Crippen LogP contribution is 2.54. The average Bonchev–Trinajstić information content (AvgIpc) is 3.16. The van der Waals surface area contributed by atoms with E-state index in [-0.39, 0.29) is 86.0 Å². The first-order valence-electron chi connectivity index (χ1n) is 20.5. The van der Waals surface area contributed by atoms with Crippen molar-refractivity contribution in [2.24, 2.45) is 63.6 Å². The second-order valence-corrected chi connectivity index (χ2v) is 20.4. The lowest BCUT2D eigenvalue weighted by Crippen LogP contribution is -2.54. The summed E-state index contributed by atoms with van der Waals surface area (Å²) in [6.07, 6.45) is 10.1. The molecular formula is C40H56F2O13S. The summed E-state index contributed by atoms with van der Waals surface area (Å²) in [6.45, 7) is -0.220. The van der Waals surface area contributed by atoms with Crippen LogP contribution in [0.2, 0.25) is 0 Å². The normalized spacial score (nSPS) is 41.2. The summed E-state index contributed by atoms with van der Waals surface area (Å²) in [5.74, 6) is -2.13. The van der Waals surface area contributed by atoms with Crippen molar-refractivity contribution >= 4 is 40.1 Å². The van der Waals surface area contributed by atoms with Gasteiger partial charge in [0.25, 0.3) is 0 Å². The number of rotatable bonds is 12. The van der Waals surface area contributed by atoms with Crippen molar-refractivity contribution < 1.29 is 69.4 Å². The van der Waals surface area contributed by atoms with Crippen LogP contribution in [0.15, 0.2) is 0 Å². The lowest BCUT2D eigenvalue weighted by molar-refractivity contribution is -0.275. The van der Waals surface area contributed by atoms with Crippen LogP contribution in [-0.2, 0) is 57.8 Å². The van der Waals surface area contributed by atoms with Gasteiger partial charge in [0.15, 0.2) is 12.9 Å². The Hall–Kier alpha value is -2.56. The van der Waals surface area contributed by atoms with Crippen LogP contribution in [0.5, 0.6) is 0 Å². The van der Waals surface area contributed by atoms with Crippen LogP contribution in [-0.4, -0.2) is 87.5 Å². The molecule has 16 heteroatoms. The van der Waals surface area contributed by atoms with Crippen molar-refractivity contribution in [1.29, 1.82) is 0 Å². The largest absolute Gasteiger partial charge is 0.465 e. The summed E-state index contributed by atoms with van der Waals surface area (Å²) in [6, 6.07) is 0. The summed E-state index contributed by atoms with van der Waals surface area (Å²) in [5, 5.41) is -4.65. The second kappa shape index (κ2) is 15.9. The lowest BCUT2D eigenvalue weighted by atomic mass is 9.58. The molecule has 0 aromatic heterocycles. The molecular weight excluding hydrogens is 758 g/mol. The lowest BCUT2D eigenvalue weighted by Gasteiger charge is -2.50. The van der Waals surface area contributed by atoms with Gasteiger partial charge in [0.05, 0.1) is 35.4 Å². The molecule has 0 aromatic carbocycles. The van der Waals surface area contributed by atoms with E-state index in [0.29, 0.717) is 57.8 Å². The highest BCUT2D eigenvalue weighted by atomic mass is 32.2. The minimum Gasteiger partial charge on any atom is -0.465 e. The monoisotopic (exact) mass is 814 g/mol. The fourth-order valence-corrected chi connectivity index (χ4v) is 12.1. The van der Waals surface area contributed by atoms with Gasteiger partial charge in [-0.3, -0.25) is 23.7 Å². The van der Waals surface area contributed by atoms with E-state index >= 15 is 0 Å². The number of hydrogen-bond donors (Lipinski definition) is 1. The van der Waals surface area contributed by atoms with Gasteiger partial charge in [0.2, 0.25) is 0 Å². The summed E-state index contributed by atoms with van der Waals surface area (Å²) >= 11 is 0. The van der Waals surface area contributed by atoms with Crippen LogP contribution in [0.4, 0.5) is 8.78 Å². The molecule has 0 aromatic rings. The van der Waals surface area contributed by atoms with Crippen molar-refractivity contribution in [3.8, 4) is 0 Å². The molecule has 1 heterocycles. The Kier molecular flexibility index (Phi) is 11.8. The predicted octanol–water partition coefficient (Wildman–Crippen LogP) is 5.47. The summed E-state index contributed by atoms with van der Waals surface area (Å²) < 4.78 is 88.8. The molecule has 314 valence electrons. The first-order valence-corrected chi connectivity index (χ1v) is 22.0. The van der Waals surface area contributed by atoms with E-state index in [4.69, 9.17) is 28.2 Å². The molecule has 1 aliphatic heterocycles. The van der Waals surface area contributed by atoms with E-state index in [2.05, 4.69) is 0 Å². The van der Waals surface area contributed by atoms with E-state index in [1.54, 1.807) is 0 Å². The summed E-state index contributed by atoms with van der Waals surface area (Å²) in [5.41, 5.74) is -3.01. The molecule has 1 saturated heterocycles. The third-order valence-corrected chi connectivity index (χ3v) is 15.4. The summed E-state index contributed by atoms with van der Waals surface area (Å²) in [7, 11) is -5.78. The molecule has 0 radical (unpaired) electrons. The number of esters is 3. The first kappa shape index (κ1) is 41.6. The Morgan fingerprint density at radius 3 is 2.12 bits per heavy atom. The second-order valence-electron chi connectivity index (χ2n) is 18.9. The molecule has 7 fully saturated rings. The molecule has 7 aliphatic rings. The average molecular weight is 815 g/mol. The van der Waals surface area contributed by atoms with Crippen molar-refractivity contribution in [2.45, 2.75) is 121 Å². The Labute approximate surface area is 326 Å². The van der Waals surface area contributed by atoms with E-state index < -0.39 is 62.4 Å². The third-order valence-electron chi connectivity index (χ3n) is 14.5. The molecule has 10 unspecified atom stereocenters. The van der Waals surface area contributed by atoms with Crippen molar-refractivity contribution in [1.82, 2.24) is 0 Å². The number of fused-ring (bicyclic) bond motifs is 6. The van der Waals surface area contributed by atoms with Gasteiger partial charge in [-0.25, -0.2) is 0 Å². The Balaban J connectivity index is 1.03. The van der Waals surface area contributed by atoms with Crippen molar-refractivity contribution in [2.75, 3.05) is 33.0 Å². The Morgan fingerprint density at radius 2 is 1.46 bits per heavy atom. The van der Waals surface area contributed by atoms with Crippen molar-refractivity contribution in [3.05, 3.63) is 0 Å². The van der Waals surface area contributed by atoms with Gasteiger partial charge in [0, 0.05) is 23.7 Å². The maximum Gasteiger partial charge on any atom is 0.402 e. The van der Waals surface area contributed by atoms with Crippen LogP contribution in [0.1, 0.15) is 110 Å². The SMILES string of the molecule is CC1CC2CC(C(=O)OCC3(COC(=O)C45CCCC(CC(C=O)C4)C5)COC(C4CC5CCCC(C(=O)OCC(F)(F)S(=O)(=O)O)(C5)C4)OC3)CC(C2)C1=O. The number of ether oxygens (including phenoxy) is 5. The van der Waals surface area contributed by atoms with Gasteiger partial charge in [-0.2, -0.15) is 17.2 Å². The molecule has 13 nitrogen and oxygen atoms in total. The number of ketones is 1. The molecule has 10 atom stereocenters. The smallest absolute Gasteiger partial charge is 0.402 e. The predicted molar refractivity (Wildman–Crippen MR) is 191 cm³/mol. The number of hydrogen-bond acceptors (Lipinski definition) is 12. The van der Waals surface area contributed by atoms with E-state index in [1.807, 2.05) is 6.92 Å². The number of Topliss-reactive ketones (excluding diaryl/α,β-unsaturated/α-hetero) is 1. The molecule has 6 saturated carbocycles. The van der Waals surface area contributed by atoms with Gasteiger partial charge in [-0.15, -0.1) is 0 Å². The molecule has 0 spiro atoms. The van der Waals surface area contributed by atoms with Gasteiger partial charge in [-0.1, -0.05) is 32.6 Å². The zero-order valence-electron chi connectivity index (χ0n) is 32.1. The summed E-state index contributed by atoms with van der Waals surface area (Å²) in [4.78, 5) is 65.5. The Morgan fingerprint density at radius 1 is 0.839 bits per heavy atom. The number of carbonyl (C=O) groups is 5. The van der Waals surface area contributed by atoms with Gasteiger partial charge < -0.3 is 28.5 Å². The van der Waals surface area contributed by atoms with Gasteiger partial charge >= 0.3 is 33.3 Å². The van der Waals surface area contributed by atoms with Crippen LogP contribution >= 0.6 is 0 Å². The first-order chi connectivity index (χ1) is 26.4. The number of aldehydes is 1.